The molecule has 166 valence electrons. The van der Waals surface area contributed by atoms with Gasteiger partial charge in [0.1, 0.15) is 11.7 Å². The van der Waals surface area contributed by atoms with Crippen LogP contribution < -0.4 is 24.8 Å². The number of nitrogens with zero attached hydrogens (tertiary/aromatic N) is 1. The Labute approximate surface area is 194 Å². The molecule has 0 aliphatic carbocycles. The van der Waals surface area contributed by atoms with Gasteiger partial charge < -0.3 is 19.4 Å². The summed E-state index contributed by atoms with van der Waals surface area (Å²) in [5, 5.41) is 13.8. The Bertz CT molecular complexity index is 1130. The molecule has 2 aromatic rings. The summed E-state index contributed by atoms with van der Waals surface area (Å²) >= 11 is 11.2. The number of aliphatic carboxylic acids is 1. The molecule has 0 saturated carbocycles. The number of carboxylic acid groups (broad SMARTS) is 1. The molecule has 1 aliphatic rings. The van der Waals surface area contributed by atoms with Crippen molar-refractivity contribution < 1.29 is 29.0 Å². The number of carbonyl (C=O) groups is 3. The van der Waals surface area contributed by atoms with E-state index in [4.69, 9.17) is 33.3 Å². The Morgan fingerprint density at radius 1 is 1.25 bits per heavy atom. The molecule has 1 fully saturated rings. The van der Waals surface area contributed by atoms with E-state index in [2.05, 4.69) is 5.32 Å². The third-order valence-electron chi connectivity index (χ3n) is 4.38. The first-order valence-electron chi connectivity index (χ1n) is 9.52. The number of halogens is 1. The van der Waals surface area contributed by atoms with E-state index in [0.29, 0.717) is 16.3 Å². The van der Waals surface area contributed by atoms with Crippen molar-refractivity contribution in [2.45, 2.75) is 20.0 Å². The van der Waals surface area contributed by atoms with Crippen LogP contribution >= 0.6 is 23.8 Å². The van der Waals surface area contributed by atoms with Crippen molar-refractivity contribution in [3.8, 4) is 11.5 Å². The summed E-state index contributed by atoms with van der Waals surface area (Å²) in [5.74, 6) is -2.21. The molecule has 0 unspecified atom stereocenters. The van der Waals surface area contributed by atoms with Crippen LogP contribution in [0.3, 0.4) is 0 Å². The van der Waals surface area contributed by atoms with Gasteiger partial charge in [-0.1, -0.05) is 23.7 Å². The van der Waals surface area contributed by atoms with Crippen molar-refractivity contribution in [1.82, 2.24) is 5.32 Å². The number of amides is 2. The van der Waals surface area contributed by atoms with Gasteiger partial charge in [-0.25, -0.2) is 0 Å². The van der Waals surface area contributed by atoms with Crippen LogP contribution in [0.25, 0.3) is 6.08 Å². The number of carboxylic acids is 1. The number of ether oxygens (including phenoxy) is 2. The second-order valence-electron chi connectivity index (χ2n) is 6.66. The number of hydrogen-bond donors (Lipinski definition) is 1. The molecule has 8 nitrogen and oxygen atoms in total. The molecule has 2 aromatic carbocycles. The molecule has 0 radical (unpaired) electrons. The van der Waals surface area contributed by atoms with Crippen LogP contribution in [0, 0.1) is 0 Å². The highest BCUT2D eigenvalue weighted by Crippen LogP contribution is 2.31. The molecule has 1 atom stereocenters. The Morgan fingerprint density at radius 3 is 2.66 bits per heavy atom. The zero-order chi connectivity index (χ0) is 23.4. The van der Waals surface area contributed by atoms with E-state index in [1.165, 1.54) is 30.0 Å². The van der Waals surface area contributed by atoms with Crippen molar-refractivity contribution in [3.05, 3.63) is 58.6 Å². The van der Waals surface area contributed by atoms with Crippen LogP contribution in [-0.2, 0) is 14.4 Å². The van der Waals surface area contributed by atoms with Gasteiger partial charge in [0.05, 0.1) is 18.3 Å². The molecule has 10 heteroatoms. The average molecular weight is 474 g/mol. The minimum Gasteiger partial charge on any atom is -0.546 e. The molecule has 0 bridgehead atoms. The first kappa shape index (κ1) is 23.2. The van der Waals surface area contributed by atoms with E-state index in [1.807, 2.05) is 0 Å². The lowest BCUT2D eigenvalue weighted by molar-refractivity contribution is -0.312. The third kappa shape index (κ3) is 5.06. The van der Waals surface area contributed by atoms with Gasteiger partial charge in [-0.3, -0.25) is 19.8 Å². The largest absolute Gasteiger partial charge is 0.546 e. The Kier molecular flexibility index (Phi) is 7.12. The molecule has 1 heterocycles. The summed E-state index contributed by atoms with van der Waals surface area (Å²) in [5.41, 5.74) is 0.713. The molecule has 2 amide bonds. The molecule has 0 aromatic heterocycles. The number of thiocarbonyl (C=S) groups is 1. The minimum absolute atomic E-state index is 0.0607. The second kappa shape index (κ2) is 9.80. The van der Waals surface area contributed by atoms with E-state index >= 15 is 0 Å². The highest BCUT2D eigenvalue weighted by atomic mass is 35.5. The topological polar surface area (TPSA) is 108 Å². The van der Waals surface area contributed by atoms with E-state index < -0.39 is 23.9 Å². The van der Waals surface area contributed by atoms with Crippen molar-refractivity contribution >= 4 is 58.5 Å². The number of benzene rings is 2. The van der Waals surface area contributed by atoms with Crippen LogP contribution in [0.4, 0.5) is 5.69 Å². The summed E-state index contributed by atoms with van der Waals surface area (Å²) in [7, 11) is 0. The van der Waals surface area contributed by atoms with E-state index in [-0.39, 0.29) is 28.8 Å². The lowest BCUT2D eigenvalue weighted by Gasteiger charge is -2.29. The van der Waals surface area contributed by atoms with Gasteiger partial charge in [0, 0.05) is 5.02 Å². The molecule has 1 saturated heterocycles. The second-order valence-corrected chi connectivity index (χ2v) is 7.48. The maximum absolute atomic E-state index is 13.1. The maximum atomic E-state index is 13.1. The maximum Gasteiger partial charge on any atom is 0.270 e. The van der Waals surface area contributed by atoms with Crippen molar-refractivity contribution in [2.75, 3.05) is 11.5 Å². The molecule has 1 N–H and O–H groups in total. The first-order valence-corrected chi connectivity index (χ1v) is 10.3. The van der Waals surface area contributed by atoms with E-state index in [1.54, 1.807) is 37.3 Å². The Morgan fingerprint density at radius 2 is 2.00 bits per heavy atom. The predicted molar refractivity (Wildman–Crippen MR) is 120 cm³/mol. The van der Waals surface area contributed by atoms with Gasteiger partial charge in [-0.05, 0) is 68.0 Å². The molecule has 1 aliphatic heterocycles. The van der Waals surface area contributed by atoms with Crippen molar-refractivity contribution in [3.63, 3.8) is 0 Å². The highest BCUT2D eigenvalue weighted by Gasteiger charge is 2.34. The zero-order valence-corrected chi connectivity index (χ0v) is 18.7. The normalized spacial score (nSPS) is 16.0. The monoisotopic (exact) mass is 473 g/mol. The fraction of sp³-hybridized carbons (Fsp3) is 0.182. The van der Waals surface area contributed by atoms with Crippen molar-refractivity contribution in [1.29, 1.82) is 0 Å². The first-order chi connectivity index (χ1) is 15.2. The third-order valence-corrected chi connectivity index (χ3v) is 4.90. The quantitative estimate of drug-likeness (QED) is 0.372. The average Bonchev–Trinajstić information content (AvgIpc) is 2.73. The fourth-order valence-electron chi connectivity index (χ4n) is 2.89. The van der Waals surface area contributed by atoms with Gasteiger partial charge in [0.25, 0.3) is 11.8 Å². The number of carbonyl (C=O) groups excluding carboxylic acids is 3. The Hall–Kier alpha value is -3.43. The van der Waals surface area contributed by atoms with Crippen LogP contribution in [-0.4, -0.2) is 35.6 Å². The molecule has 32 heavy (non-hydrogen) atoms. The van der Waals surface area contributed by atoms with Gasteiger partial charge >= 0.3 is 0 Å². The van der Waals surface area contributed by atoms with E-state index in [9.17, 15) is 19.5 Å². The van der Waals surface area contributed by atoms with Gasteiger partial charge in [0.15, 0.2) is 16.6 Å². The summed E-state index contributed by atoms with van der Waals surface area (Å²) in [6, 6.07) is 11.1. The van der Waals surface area contributed by atoms with Crippen LogP contribution in [0.5, 0.6) is 11.5 Å². The van der Waals surface area contributed by atoms with Crippen molar-refractivity contribution in [2.24, 2.45) is 0 Å². The Balaban J connectivity index is 1.97. The number of anilines is 1. The van der Waals surface area contributed by atoms with E-state index in [0.717, 1.165) is 0 Å². The number of hydrogen-bond acceptors (Lipinski definition) is 7. The predicted octanol–water partition coefficient (Wildman–Crippen LogP) is 2.09. The SMILES string of the molecule is CCOc1cc(/C=C2\C(=O)NC(=S)N(c3cccc(Cl)c3)C2=O)ccc1O[C@@H](C)C(=O)[O-]. The van der Waals surface area contributed by atoms with Crippen LogP contribution in [0.1, 0.15) is 19.4 Å². The summed E-state index contributed by atoms with van der Waals surface area (Å²) in [6.45, 7) is 3.37. The standard InChI is InChI=1S/C22H19ClN2O6S/c1-3-30-18-10-13(7-8-17(18)31-12(2)21(28)29)9-16-19(26)24-22(32)25(20(16)27)15-6-4-5-14(23)11-15/h4-12H,3H2,1-2H3,(H,28,29)(H,24,26,32)/p-1/b16-9+/t12-/m0/s1. The number of nitrogens with one attached hydrogen (secondary N) is 1. The minimum atomic E-state index is -1.37. The fourth-order valence-corrected chi connectivity index (χ4v) is 3.36. The molecule has 3 rings (SSSR count). The smallest absolute Gasteiger partial charge is 0.270 e. The van der Waals surface area contributed by atoms with Gasteiger partial charge in [-0.15, -0.1) is 0 Å². The lowest BCUT2D eigenvalue weighted by Crippen LogP contribution is -2.54. The zero-order valence-electron chi connectivity index (χ0n) is 17.1. The van der Waals surface area contributed by atoms with Gasteiger partial charge in [0.2, 0.25) is 0 Å². The number of rotatable bonds is 7. The van der Waals surface area contributed by atoms with Crippen LogP contribution in [0.15, 0.2) is 48.0 Å². The molecular weight excluding hydrogens is 456 g/mol. The molecular formula is C22H18ClN2O6S-. The molecule has 0 spiro atoms. The van der Waals surface area contributed by atoms with Crippen LogP contribution in [0.2, 0.25) is 5.02 Å². The summed E-state index contributed by atoms with van der Waals surface area (Å²) in [4.78, 5) is 37.7. The summed E-state index contributed by atoms with van der Waals surface area (Å²) in [6.07, 6.45) is 0.183. The highest BCUT2D eigenvalue weighted by molar-refractivity contribution is 7.80. The lowest BCUT2D eigenvalue weighted by atomic mass is 10.1. The van der Waals surface area contributed by atoms with Gasteiger partial charge in [-0.2, -0.15) is 0 Å². The summed E-state index contributed by atoms with van der Waals surface area (Å²) < 4.78 is 10.9.